The van der Waals surface area contributed by atoms with Crippen LogP contribution in [-0.2, 0) is 6.42 Å². The van der Waals surface area contributed by atoms with Crippen LogP contribution in [0.25, 0.3) is 0 Å². The van der Waals surface area contributed by atoms with Gasteiger partial charge in [-0.05, 0) is 33.6 Å². The fourth-order valence-corrected chi connectivity index (χ4v) is 2.69. The first-order valence-electron chi connectivity index (χ1n) is 6.49. The number of methoxy groups -OCH3 is 3. The highest BCUT2D eigenvalue weighted by molar-refractivity contribution is 9.10. The van der Waals surface area contributed by atoms with Gasteiger partial charge in [-0.1, -0.05) is 0 Å². The zero-order valence-corrected chi connectivity index (χ0v) is 14.1. The normalized spacial score (nSPS) is 10.4. The van der Waals surface area contributed by atoms with Crippen LogP contribution < -0.4 is 14.2 Å². The Morgan fingerprint density at radius 1 is 0.773 bits per heavy atom. The predicted molar refractivity (Wildman–Crippen MR) is 86.4 cm³/mol. The van der Waals surface area contributed by atoms with E-state index in [0.29, 0.717) is 34.8 Å². The van der Waals surface area contributed by atoms with Gasteiger partial charge in [0.1, 0.15) is 17.2 Å². The van der Waals surface area contributed by atoms with Gasteiger partial charge in [0.25, 0.3) is 0 Å². The van der Waals surface area contributed by atoms with Crippen LogP contribution in [0.3, 0.4) is 0 Å². The summed E-state index contributed by atoms with van der Waals surface area (Å²) in [5.41, 5.74) is 1.26. The van der Waals surface area contributed by atoms with Crippen molar-refractivity contribution < 1.29 is 24.4 Å². The summed E-state index contributed by atoms with van der Waals surface area (Å²) in [6, 6.07) is 6.46. The Labute approximate surface area is 137 Å². The Morgan fingerprint density at radius 3 is 1.77 bits per heavy atom. The molecule has 0 bridgehead atoms. The fraction of sp³-hybridized carbons (Fsp3) is 0.250. The lowest BCUT2D eigenvalue weighted by Gasteiger charge is -2.13. The maximum atomic E-state index is 10.1. The third-order valence-electron chi connectivity index (χ3n) is 3.32. The van der Waals surface area contributed by atoms with Crippen LogP contribution in [0, 0.1) is 0 Å². The van der Waals surface area contributed by atoms with E-state index in [1.54, 1.807) is 12.1 Å². The molecule has 0 aromatic heterocycles. The highest BCUT2D eigenvalue weighted by atomic mass is 79.9. The van der Waals surface area contributed by atoms with E-state index in [1.165, 1.54) is 33.5 Å². The molecule has 0 radical (unpaired) electrons. The molecule has 118 valence electrons. The summed E-state index contributed by atoms with van der Waals surface area (Å²) in [4.78, 5) is 0. The molecule has 0 aliphatic carbocycles. The van der Waals surface area contributed by atoms with Crippen molar-refractivity contribution in [1.82, 2.24) is 0 Å². The third kappa shape index (κ3) is 3.22. The Kier molecular flexibility index (Phi) is 5.03. The molecule has 22 heavy (non-hydrogen) atoms. The lowest BCUT2D eigenvalue weighted by atomic mass is 10.0. The van der Waals surface area contributed by atoms with Crippen molar-refractivity contribution in [2.45, 2.75) is 6.42 Å². The summed E-state index contributed by atoms with van der Waals surface area (Å²) in [6.45, 7) is 0. The molecule has 6 heteroatoms. The summed E-state index contributed by atoms with van der Waals surface area (Å²) < 4.78 is 16.2. The second-order valence-corrected chi connectivity index (χ2v) is 5.48. The minimum atomic E-state index is 0.0731. The molecular formula is C16H17BrO5. The monoisotopic (exact) mass is 368 g/mol. The zero-order valence-electron chi connectivity index (χ0n) is 12.5. The lowest BCUT2D eigenvalue weighted by Crippen LogP contribution is -1.96. The van der Waals surface area contributed by atoms with Gasteiger partial charge in [-0.15, -0.1) is 0 Å². The number of phenolic OH excluding ortho intramolecular Hbond substituents is 2. The molecule has 0 spiro atoms. The van der Waals surface area contributed by atoms with Crippen LogP contribution >= 0.6 is 15.9 Å². The Bertz CT molecular complexity index is 685. The molecule has 2 N–H and O–H groups in total. The van der Waals surface area contributed by atoms with Gasteiger partial charge in [0.15, 0.2) is 11.5 Å². The Morgan fingerprint density at radius 2 is 1.23 bits per heavy atom. The molecule has 0 fully saturated rings. The molecule has 0 atom stereocenters. The van der Waals surface area contributed by atoms with Crippen LogP contribution in [0.2, 0.25) is 0 Å². The second kappa shape index (κ2) is 6.79. The molecule has 0 aliphatic heterocycles. The van der Waals surface area contributed by atoms with Crippen molar-refractivity contribution in [2.24, 2.45) is 0 Å². The molecule has 2 aromatic rings. The smallest absolute Gasteiger partial charge is 0.164 e. The van der Waals surface area contributed by atoms with E-state index in [-0.39, 0.29) is 11.5 Å². The van der Waals surface area contributed by atoms with Gasteiger partial charge in [-0.2, -0.15) is 0 Å². The standard InChI is InChI=1S/C16H17BrO5/c1-20-14-7-12(18)9(5-11(14)17)4-10-6-15(21-2)16(22-3)8-13(10)19/h5-8,18-19H,4H2,1-3H3. The third-order valence-corrected chi connectivity index (χ3v) is 3.94. The molecule has 2 aromatic carbocycles. The average Bonchev–Trinajstić information content (AvgIpc) is 2.51. The summed E-state index contributed by atoms with van der Waals surface area (Å²) in [7, 11) is 4.56. The molecule has 0 saturated heterocycles. The summed E-state index contributed by atoms with van der Waals surface area (Å²) >= 11 is 3.38. The lowest BCUT2D eigenvalue weighted by molar-refractivity contribution is 0.350. The van der Waals surface area contributed by atoms with E-state index in [2.05, 4.69) is 15.9 Å². The van der Waals surface area contributed by atoms with Crippen LogP contribution in [0.1, 0.15) is 11.1 Å². The average molecular weight is 369 g/mol. The van der Waals surface area contributed by atoms with Gasteiger partial charge in [-0.3, -0.25) is 0 Å². The Hall–Kier alpha value is -2.08. The van der Waals surface area contributed by atoms with E-state index < -0.39 is 0 Å². The van der Waals surface area contributed by atoms with Crippen LogP contribution in [0.15, 0.2) is 28.7 Å². The van der Waals surface area contributed by atoms with Crippen molar-refractivity contribution in [1.29, 1.82) is 0 Å². The van der Waals surface area contributed by atoms with Crippen molar-refractivity contribution in [3.63, 3.8) is 0 Å². The maximum absolute atomic E-state index is 10.1. The number of benzene rings is 2. The summed E-state index contributed by atoms with van der Waals surface area (Å²) in [5, 5.41) is 20.2. The van der Waals surface area contributed by atoms with Crippen molar-refractivity contribution >= 4 is 15.9 Å². The minimum absolute atomic E-state index is 0.0731. The van der Waals surface area contributed by atoms with Crippen molar-refractivity contribution in [3.8, 4) is 28.7 Å². The first-order valence-corrected chi connectivity index (χ1v) is 7.28. The number of rotatable bonds is 5. The highest BCUT2D eigenvalue weighted by Crippen LogP contribution is 2.38. The number of aromatic hydroxyl groups is 2. The fourth-order valence-electron chi connectivity index (χ4n) is 2.14. The highest BCUT2D eigenvalue weighted by Gasteiger charge is 2.14. The number of phenols is 2. The van der Waals surface area contributed by atoms with Crippen molar-refractivity contribution in [3.05, 3.63) is 39.9 Å². The number of hydrogen-bond acceptors (Lipinski definition) is 5. The molecule has 0 amide bonds. The van der Waals surface area contributed by atoms with E-state index in [0.717, 1.165) is 4.47 Å². The molecule has 5 nitrogen and oxygen atoms in total. The summed E-state index contributed by atoms with van der Waals surface area (Å²) in [6.07, 6.45) is 0.334. The van der Waals surface area contributed by atoms with E-state index in [1.807, 2.05) is 0 Å². The Balaban J connectivity index is 2.41. The molecule has 2 rings (SSSR count). The molecule has 0 aliphatic rings. The van der Waals surface area contributed by atoms with E-state index >= 15 is 0 Å². The SMILES string of the molecule is COc1cc(O)c(Cc2cc(OC)c(OC)cc2O)cc1Br. The molecule has 0 saturated carbocycles. The van der Waals surface area contributed by atoms with Gasteiger partial charge in [-0.25, -0.2) is 0 Å². The van der Waals surface area contributed by atoms with Crippen LogP contribution in [0.4, 0.5) is 0 Å². The first kappa shape index (κ1) is 16.3. The second-order valence-electron chi connectivity index (χ2n) is 4.63. The topological polar surface area (TPSA) is 68.2 Å². The van der Waals surface area contributed by atoms with Gasteiger partial charge in [0.2, 0.25) is 0 Å². The van der Waals surface area contributed by atoms with Gasteiger partial charge in [0.05, 0.1) is 25.8 Å². The molecule has 0 heterocycles. The minimum Gasteiger partial charge on any atom is -0.508 e. The number of halogens is 1. The van der Waals surface area contributed by atoms with Crippen LogP contribution in [0.5, 0.6) is 28.7 Å². The number of hydrogen-bond donors (Lipinski definition) is 2. The quantitative estimate of drug-likeness (QED) is 0.845. The van der Waals surface area contributed by atoms with Gasteiger partial charge in [0, 0.05) is 24.1 Å². The van der Waals surface area contributed by atoms with E-state index in [9.17, 15) is 10.2 Å². The van der Waals surface area contributed by atoms with Crippen LogP contribution in [-0.4, -0.2) is 31.5 Å². The van der Waals surface area contributed by atoms with Gasteiger partial charge < -0.3 is 24.4 Å². The predicted octanol–water partition coefficient (Wildman–Crippen LogP) is 3.48. The maximum Gasteiger partial charge on any atom is 0.164 e. The van der Waals surface area contributed by atoms with Gasteiger partial charge >= 0.3 is 0 Å². The summed E-state index contributed by atoms with van der Waals surface area (Å²) in [5.74, 6) is 1.67. The molecular weight excluding hydrogens is 352 g/mol. The molecule has 0 unspecified atom stereocenters. The van der Waals surface area contributed by atoms with Crippen molar-refractivity contribution in [2.75, 3.05) is 21.3 Å². The van der Waals surface area contributed by atoms with E-state index in [4.69, 9.17) is 14.2 Å². The first-order chi connectivity index (χ1) is 10.5. The number of ether oxygens (including phenoxy) is 3. The largest absolute Gasteiger partial charge is 0.508 e. The zero-order chi connectivity index (χ0) is 16.3.